The number of halogens is 1. The number of ether oxygens (including phenoxy) is 1. The fourth-order valence-electron chi connectivity index (χ4n) is 12.5. The second kappa shape index (κ2) is 28.4. The van der Waals surface area contributed by atoms with Crippen LogP contribution in [0.4, 0.5) is 52.4 Å². The molecular formula is C69H82ClN23O2. The summed E-state index contributed by atoms with van der Waals surface area (Å²) >= 11 is 0. The van der Waals surface area contributed by atoms with Gasteiger partial charge >= 0.3 is 0 Å². The molecule has 0 unspecified atom stereocenters. The molecule has 3 aromatic carbocycles. The molecule has 492 valence electrons. The number of likely N-dealkylation sites (N-methyl/N-ethyl adjacent to an activating group) is 1. The van der Waals surface area contributed by atoms with E-state index >= 15 is 0 Å². The van der Waals surface area contributed by atoms with Gasteiger partial charge in [0.1, 0.15) is 34.0 Å². The largest absolute Gasteiger partial charge is 0.378 e. The number of carbonyl (C=O) groups is 1. The number of hydrogen-bond donors (Lipinski definition) is 4. The van der Waals surface area contributed by atoms with Crippen LogP contribution in [0, 0.1) is 13.8 Å². The molecule has 12 heterocycles. The van der Waals surface area contributed by atoms with Gasteiger partial charge < -0.3 is 45.6 Å². The average molecular weight is 1300 g/mol. The molecular weight excluding hydrogens is 1220 g/mol. The number of hydrogen-bond acceptors (Lipinski definition) is 22. The van der Waals surface area contributed by atoms with Crippen molar-refractivity contribution < 1.29 is 9.53 Å². The molecule has 3 aliphatic heterocycles. The molecule has 15 rings (SSSR count). The van der Waals surface area contributed by atoms with E-state index in [-0.39, 0.29) is 36.3 Å². The first-order chi connectivity index (χ1) is 45.6. The standard InChI is InChI=1S/C24H30N8.C23H26N8O.C22H25N7O.ClH/c1-5-30-8-10-31(11-9-30)19-6-7-21(25-14-19)28-24-26-13-18-12-17(4)20-15-27-32(16(2)3)23(20)22(18)29-24;1-14(2)31-22-19(13-27-31)18(15(3)32)10-16-11-26-23(29-21(16)22)28-20-5-4-17(12-25-20)30-8-6-24-7-9-30;1-14(2)29-21-18(13-25-29)15(3)10-16-11-24-22(27-20(16)21)26-19-5-4-17(12-23-19)28-6-8-30-9-7-28;/h6-7,12-16H,5,8-11H2,1-4H3,(H,25,26,28,29);4-5,10-14,24H,6-9H2,1-3H3,(H,25,26,28,29);4-5,10-14H,6-9H2,1-3H3,(H,23,24,26,27);1H. The van der Waals surface area contributed by atoms with Crippen LogP contribution in [0.1, 0.15) is 95.0 Å². The van der Waals surface area contributed by atoms with Crippen molar-refractivity contribution in [3.05, 3.63) is 127 Å². The maximum absolute atomic E-state index is 12.2. The van der Waals surface area contributed by atoms with E-state index in [4.69, 9.17) is 19.7 Å². The lowest BCUT2D eigenvalue weighted by molar-refractivity contribution is 0.101. The molecule has 9 aromatic heterocycles. The number of aryl methyl sites for hydroxylation is 2. The highest BCUT2D eigenvalue weighted by Gasteiger charge is 2.22. The summed E-state index contributed by atoms with van der Waals surface area (Å²) in [5.74, 6) is 3.64. The van der Waals surface area contributed by atoms with Gasteiger partial charge in [0.25, 0.3) is 0 Å². The number of Topliss-reactive ketones (excluding diaryl/α,β-unsaturated/α-hetero) is 1. The van der Waals surface area contributed by atoms with Crippen molar-refractivity contribution in [2.75, 3.05) is 116 Å². The van der Waals surface area contributed by atoms with Crippen molar-refractivity contribution in [2.45, 2.75) is 87.4 Å². The molecule has 0 bridgehead atoms. The predicted octanol–water partition coefficient (Wildman–Crippen LogP) is 11.7. The second-order valence-corrected chi connectivity index (χ2v) is 24.9. The van der Waals surface area contributed by atoms with Crippen LogP contribution >= 0.6 is 12.4 Å². The number of piperazine rings is 2. The molecule has 26 heteroatoms. The molecule has 0 aliphatic carbocycles. The van der Waals surface area contributed by atoms with Crippen molar-refractivity contribution in [1.29, 1.82) is 0 Å². The van der Waals surface area contributed by atoms with E-state index in [1.807, 2.05) is 81.7 Å². The molecule has 0 amide bonds. The summed E-state index contributed by atoms with van der Waals surface area (Å²) in [7, 11) is 0. The molecule has 4 N–H and O–H groups in total. The normalized spacial score (nSPS) is 14.6. The van der Waals surface area contributed by atoms with E-state index in [9.17, 15) is 4.79 Å². The highest BCUT2D eigenvalue weighted by atomic mass is 35.5. The van der Waals surface area contributed by atoms with Crippen molar-refractivity contribution in [2.24, 2.45) is 0 Å². The fourth-order valence-corrected chi connectivity index (χ4v) is 12.5. The number of benzene rings is 3. The van der Waals surface area contributed by atoms with E-state index in [0.29, 0.717) is 35.0 Å². The number of pyridine rings is 3. The minimum absolute atomic E-state index is 0. The number of anilines is 9. The predicted molar refractivity (Wildman–Crippen MR) is 381 cm³/mol. The van der Waals surface area contributed by atoms with E-state index in [1.165, 1.54) is 11.1 Å². The van der Waals surface area contributed by atoms with Gasteiger partial charge in [-0.15, -0.1) is 12.4 Å². The summed E-state index contributed by atoms with van der Waals surface area (Å²) in [5.41, 5.74) is 11.8. The third kappa shape index (κ3) is 13.9. The second-order valence-electron chi connectivity index (χ2n) is 24.9. The highest BCUT2D eigenvalue weighted by Crippen LogP contribution is 2.34. The number of nitrogens with zero attached hydrogens (tertiary/aromatic N) is 19. The van der Waals surface area contributed by atoms with Crippen LogP contribution < -0.4 is 36.0 Å². The number of fused-ring (bicyclic) bond motifs is 9. The van der Waals surface area contributed by atoms with Crippen LogP contribution in [-0.4, -0.2) is 170 Å². The Balaban J connectivity index is 0.000000136. The lowest BCUT2D eigenvalue weighted by Crippen LogP contribution is -2.46. The number of morpholine rings is 1. The third-order valence-corrected chi connectivity index (χ3v) is 17.5. The summed E-state index contributed by atoms with van der Waals surface area (Å²) in [6.07, 6.45) is 16.8. The van der Waals surface area contributed by atoms with Gasteiger partial charge in [-0.2, -0.15) is 15.3 Å². The van der Waals surface area contributed by atoms with Crippen LogP contribution in [0.3, 0.4) is 0 Å². The van der Waals surface area contributed by atoms with Crippen LogP contribution in [-0.2, 0) is 4.74 Å². The van der Waals surface area contributed by atoms with E-state index in [1.54, 1.807) is 19.3 Å². The molecule has 25 nitrogen and oxygen atoms in total. The maximum atomic E-state index is 12.2. The van der Waals surface area contributed by atoms with Crippen LogP contribution in [0.2, 0.25) is 0 Å². The molecule has 0 atom stereocenters. The smallest absolute Gasteiger partial charge is 0.228 e. The van der Waals surface area contributed by atoms with Gasteiger partial charge in [-0.1, -0.05) is 6.92 Å². The Kier molecular flexibility index (Phi) is 19.5. The van der Waals surface area contributed by atoms with Gasteiger partial charge in [-0.25, -0.2) is 44.9 Å². The van der Waals surface area contributed by atoms with Crippen molar-refractivity contribution >= 4 is 136 Å². The van der Waals surface area contributed by atoms with Gasteiger partial charge in [0.05, 0.1) is 84.0 Å². The molecule has 95 heavy (non-hydrogen) atoms. The summed E-state index contributed by atoms with van der Waals surface area (Å²) in [6, 6.07) is 18.8. The van der Waals surface area contributed by atoms with Gasteiger partial charge in [0.2, 0.25) is 17.8 Å². The first kappa shape index (κ1) is 65.3. The van der Waals surface area contributed by atoms with Gasteiger partial charge in [0, 0.05) is 140 Å². The Morgan fingerprint density at radius 3 is 1.24 bits per heavy atom. The molecule has 0 spiro atoms. The van der Waals surface area contributed by atoms with Crippen molar-refractivity contribution in [3.63, 3.8) is 0 Å². The van der Waals surface area contributed by atoms with Crippen LogP contribution in [0.25, 0.3) is 65.4 Å². The Hall–Kier alpha value is -9.82. The van der Waals surface area contributed by atoms with Crippen molar-refractivity contribution in [3.8, 4) is 0 Å². The number of aromatic nitrogens is 15. The Morgan fingerprint density at radius 2 is 0.863 bits per heavy atom. The third-order valence-electron chi connectivity index (χ3n) is 17.5. The fraction of sp³-hybridized carbons (Fsp3) is 0.377. The number of rotatable bonds is 14. The number of carbonyl (C=O) groups excluding carboxylic acids is 1. The Bertz CT molecular complexity index is 4670. The van der Waals surface area contributed by atoms with Crippen molar-refractivity contribution in [1.82, 2.24) is 84.4 Å². The van der Waals surface area contributed by atoms with E-state index in [2.05, 4.69) is 179 Å². The summed E-state index contributed by atoms with van der Waals surface area (Å²) in [4.78, 5) is 63.3. The molecule has 0 radical (unpaired) electrons. The van der Waals surface area contributed by atoms with Crippen LogP contribution in [0.5, 0.6) is 0 Å². The number of ketones is 1. The lowest BCUT2D eigenvalue weighted by Gasteiger charge is -2.35. The quantitative estimate of drug-likeness (QED) is 0.0738. The first-order valence-electron chi connectivity index (χ1n) is 32.5. The van der Waals surface area contributed by atoms with E-state index in [0.717, 1.165) is 174 Å². The monoisotopic (exact) mass is 1300 g/mol. The minimum atomic E-state index is -0.00353. The van der Waals surface area contributed by atoms with E-state index < -0.39 is 0 Å². The Labute approximate surface area is 557 Å². The van der Waals surface area contributed by atoms with Crippen LogP contribution in [0.15, 0.2) is 110 Å². The zero-order chi connectivity index (χ0) is 65.1. The zero-order valence-electron chi connectivity index (χ0n) is 55.5. The molecule has 3 aliphatic rings. The Morgan fingerprint density at radius 1 is 0.484 bits per heavy atom. The average Bonchev–Trinajstić information content (AvgIpc) is 1.68. The SMILES string of the molecule is CC(=O)c1cc2cnc(Nc3ccc(N4CCNCC4)cn3)nc2c2c1cnn2C(C)C.CCN1CCN(c2ccc(Nc3ncc4cc(C)c5cnn(C(C)C)c5c4n3)nc2)CC1.Cc1cc2cnc(Nc3ccc(N4CCOCC4)cn3)nc2c2c1cnn2C(C)C.Cl. The maximum Gasteiger partial charge on any atom is 0.228 e. The lowest BCUT2D eigenvalue weighted by atomic mass is 10.0. The molecule has 3 saturated heterocycles. The summed E-state index contributed by atoms with van der Waals surface area (Å²) in [6.45, 7) is 33.2. The summed E-state index contributed by atoms with van der Waals surface area (Å²) < 4.78 is 11.4. The molecule has 0 saturated carbocycles. The van der Waals surface area contributed by atoms with Gasteiger partial charge in [0.15, 0.2) is 5.78 Å². The first-order valence-corrected chi connectivity index (χ1v) is 32.5. The topological polar surface area (TPSA) is 257 Å². The zero-order valence-corrected chi connectivity index (χ0v) is 56.4. The molecule has 12 aromatic rings. The molecule has 3 fully saturated rings. The van der Waals surface area contributed by atoms with Gasteiger partial charge in [-0.05, 0) is 135 Å². The number of nitrogens with one attached hydrogen (secondary N) is 4. The highest BCUT2D eigenvalue weighted by molar-refractivity contribution is 6.15. The summed E-state index contributed by atoms with van der Waals surface area (Å²) in [5, 5.41) is 32.7. The van der Waals surface area contributed by atoms with Gasteiger partial charge in [-0.3, -0.25) is 18.8 Å². The minimum Gasteiger partial charge on any atom is -0.378 e.